The van der Waals surface area contributed by atoms with E-state index in [4.69, 9.17) is 9.47 Å². The molecule has 0 saturated heterocycles. The van der Waals surface area contributed by atoms with Crippen LogP contribution in [0.3, 0.4) is 0 Å². The fourth-order valence-corrected chi connectivity index (χ4v) is 2.56. The first-order valence-electron chi connectivity index (χ1n) is 7.46. The molecule has 5 nitrogen and oxygen atoms in total. The second-order valence-electron chi connectivity index (χ2n) is 5.24. The Balaban J connectivity index is 1.56. The lowest BCUT2D eigenvalue weighted by Gasteiger charge is -2.20. The van der Waals surface area contributed by atoms with E-state index >= 15 is 0 Å². The zero-order chi connectivity index (χ0) is 15.5. The molecule has 2 aromatic rings. The summed E-state index contributed by atoms with van der Waals surface area (Å²) in [6.45, 7) is 0. The second-order valence-corrected chi connectivity index (χ2v) is 5.24. The van der Waals surface area contributed by atoms with Gasteiger partial charge in [0.25, 0.3) is 0 Å². The SMILES string of the molecule is C1=CCCC(C2=COC=C(Nc3ccnc4ccncc34)O2)=C1. The van der Waals surface area contributed by atoms with Crippen molar-refractivity contribution in [3.8, 4) is 0 Å². The van der Waals surface area contributed by atoms with Gasteiger partial charge in [0, 0.05) is 24.0 Å². The topological polar surface area (TPSA) is 56.3 Å². The lowest BCUT2D eigenvalue weighted by atomic mass is 10.0. The first-order valence-corrected chi connectivity index (χ1v) is 7.46. The standard InChI is InChI=1S/C18H15N3O2/c1-2-4-13(5-3-1)17-11-22-12-18(23-17)21-16-7-9-20-15-6-8-19-10-14(15)16/h1-2,4,6-12H,3,5H2,(H,20,21). The molecule has 3 heterocycles. The molecule has 0 amide bonds. The number of allylic oxidation sites excluding steroid dienone is 4. The van der Waals surface area contributed by atoms with E-state index in [0.717, 1.165) is 40.8 Å². The number of rotatable bonds is 3. The van der Waals surface area contributed by atoms with Crippen molar-refractivity contribution in [2.45, 2.75) is 12.8 Å². The third-order valence-corrected chi connectivity index (χ3v) is 3.70. The number of pyridine rings is 2. The fourth-order valence-electron chi connectivity index (χ4n) is 2.56. The van der Waals surface area contributed by atoms with Gasteiger partial charge < -0.3 is 14.8 Å². The molecule has 0 atom stereocenters. The molecule has 0 saturated carbocycles. The minimum absolute atomic E-state index is 0.536. The van der Waals surface area contributed by atoms with Crippen molar-refractivity contribution in [3.05, 3.63) is 78.7 Å². The molecule has 0 spiro atoms. The maximum absolute atomic E-state index is 5.92. The van der Waals surface area contributed by atoms with Gasteiger partial charge in [-0.25, -0.2) is 0 Å². The van der Waals surface area contributed by atoms with Crippen LogP contribution in [0.15, 0.2) is 78.7 Å². The van der Waals surface area contributed by atoms with Gasteiger partial charge in [0.1, 0.15) is 6.26 Å². The number of fused-ring (bicyclic) bond motifs is 1. The quantitative estimate of drug-likeness (QED) is 0.928. The number of hydrogen-bond donors (Lipinski definition) is 1. The van der Waals surface area contributed by atoms with Gasteiger partial charge in [-0.2, -0.15) is 0 Å². The van der Waals surface area contributed by atoms with Crippen LogP contribution in [0.4, 0.5) is 5.69 Å². The number of ether oxygens (including phenoxy) is 2. The van der Waals surface area contributed by atoms with Gasteiger partial charge in [-0.05, 0) is 30.5 Å². The maximum atomic E-state index is 5.92. The van der Waals surface area contributed by atoms with E-state index in [9.17, 15) is 0 Å². The van der Waals surface area contributed by atoms with Crippen LogP contribution >= 0.6 is 0 Å². The van der Waals surface area contributed by atoms with Gasteiger partial charge in [0.05, 0.1) is 11.2 Å². The molecule has 0 bridgehead atoms. The van der Waals surface area contributed by atoms with Gasteiger partial charge in [0.15, 0.2) is 12.0 Å². The number of aromatic nitrogens is 2. The van der Waals surface area contributed by atoms with Gasteiger partial charge in [-0.15, -0.1) is 0 Å². The molecular weight excluding hydrogens is 290 g/mol. The number of nitrogens with zero attached hydrogens (tertiary/aromatic N) is 2. The molecule has 0 fully saturated rings. The molecule has 2 aromatic heterocycles. The van der Waals surface area contributed by atoms with Crippen molar-refractivity contribution in [1.29, 1.82) is 0 Å². The van der Waals surface area contributed by atoms with Crippen molar-refractivity contribution in [1.82, 2.24) is 9.97 Å². The summed E-state index contributed by atoms with van der Waals surface area (Å²) >= 11 is 0. The summed E-state index contributed by atoms with van der Waals surface area (Å²) in [6, 6.07) is 3.76. The summed E-state index contributed by atoms with van der Waals surface area (Å²) in [6.07, 6.45) is 16.6. The highest BCUT2D eigenvalue weighted by Crippen LogP contribution is 2.28. The summed E-state index contributed by atoms with van der Waals surface area (Å²) in [5.74, 6) is 1.27. The molecule has 0 radical (unpaired) electrons. The van der Waals surface area contributed by atoms with Crippen LogP contribution in [-0.4, -0.2) is 9.97 Å². The van der Waals surface area contributed by atoms with E-state index in [2.05, 4.69) is 21.4 Å². The predicted molar refractivity (Wildman–Crippen MR) is 88.0 cm³/mol. The van der Waals surface area contributed by atoms with E-state index in [1.165, 1.54) is 0 Å². The number of nitrogens with one attached hydrogen (secondary N) is 1. The molecule has 2 aliphatic rings. The van der Waals surface area contributed by atoms with E-state index in [-0.39, 0.29) is 0 Å². The van der Waals surface area contributed by atoms with Crippen molar-refractivity contribution in [3.63, 3.8) is 0 Å². The molecule has 4 rings (SSSR count). The largest absolute Gasteiger partial charge is 0.463 e. The predicted octanol–water partition coefficient (Wildman–Crippen LogP) is 4.01. The Morgan fingerprint density at radius 1 is 1.13 bits per heavy atom. The Morgan fingerprint density at radius 3 is 3.04 bits per heavy atom. The minimum atomic E-state index is 0.536. The molecule has 23 heavy (non-hydrogen) atoms. The zero-order valence-corrected chi connectivity index (χ0v) is 12.4. The normalized spacial score (nSPS) is 16.8. The number of hydrogen-bond acceptors (Lipinski definition) is 5. The molecule has 5 heteroatoms. The first kappa shape index (κ1) is 13.6. The van der Waals surface area contributed by atoms with Crippen LogP contribution in [0, 0.1) is 0 Å². The molecule has 1 aliphatic heterocycles. The van der Waals surface area contributed by atoms with E-state index < -0.39 is 0 Å². The van der Waals surface area contributed by atoms with Crippen LogP contribution in [0.2, 0.25) is 0 Å². The first-order chi connectivity index (χ1) is 11.4. The third-order valence-electron chi connectivity index (χ3n) is 3.70. The molecule has 0 unspecified atom stereocenters. The van der Waals surface area contributed by atoms with Crippen LogP contribution in [0.25, 0.3) is 10.9 Å². The Kier molecular flexibility index (Phi) is 3.52. The summed E-state index contributed by atoms with van der Waals surface area (Å²) in [4.78, 5) is 8.48. The van der Waals surface area contributed by atoms with E-state index in [1.54, 1.807) is 31.1 Å². The highest BCUT2D eigenvalue weighted by atomic mass is 16.6. The summed E-state index contributed by atoms with van der Waals surface area (Å²) < 4.78 is 11.3. The summed E-state index contributed by atoms with van der Waals surface area (Å²) in [5.41, 5.74) is 2.87. The zero-order valence-electron chi connectivity index (χ0n) is 12.4. The average molecular weight is 305 g/mol. The molecule has 1 aliphatic carbocycles. The summed E-state index contributed by atoms with van der Waals surface area (Å²) in [7, 11) is 0. The van der Waals surface area contributed by atoms with Crippen LogP contribution in [0.1, 0.15) is 12.8 Å². The Bertz CT molecular complexity index is 860. The highest BCUT2D eigenvalue weighted by Gasteiger charge is 2.16. The lowest BCUT2D eigenvalue weighted by molar-refractivity contribution is 0.233. The second kappa shape index (κ2) is 5.96. The lowest BCUT2D eigenvalue weighted by Crippen LogP contribution is -2.10. The van der Waals surface area contributed by atoms with Crippen LogP contribution in [0.5, 0.6) is 0 Å². The van der Waals surface area contributed by atoms with Crippen molar-refractivity contribution in [2.24, 2.45) is 0 Å². The van der Waals surface area contributed by atoms with Gasteiger partial charge in [-0.1, -0.05) is 18.2 Å². The summed E-state index contributed by atoms with van der Waals surface area (Å²) in [5, 5.41) is 4.17. The third kappa shape index (κ3) is 2.81. The molecule has 0 aromatic carbocycles. The molecular formula is C18H15N3O2. The van der Waals surface area contributed by atoms with Gasteiger partial charge in [0.2, 0.25) is 5.88 Å². The monoisotopic (exact) mass is 305 g/mol. The fraction of sp³-hybridized carbons (Fsp3) is 0.111. The van der Waals surface area contributed by atoms with Crippen molar-refractivity contribution >= 4 is 16.6 Å². The van der Waals surface area contributed by atoms with E-state index in [1.807, 2.05) is 24.3 Å². The smallest absolute Gasteiger partial charge is 0.233 e. The molecule has 114 valence electrons. The van der Waals surface area contributed by atoms with E-state index in [0.29, 0.717) is 5.88 Å². The molecule has 1 N–H and O–H groups in total. The Labute approximate surface area is 133 Å². The minimum Gasteiger partial charge on any atom is -0.463 e. The van der Waals surface area contributed by atoms with Crippen LogP contribution in [-0.2, 0) is 9.47 Å². The Morgan fingerprint density at radius 2 is 2.13 bits per heavy atom. The highest BCUT2D eigenvalue weighted by molar-refractivity contribution is 5.90. The van der Waals surface area contributed by atoms with Gasteiger partial charge in [-0.3, -0.25) is 9.97 Å². The average Bonchev–Trinajstić information content (AvgIpc) is 2.63. The number of anilines is 1. The van der Waals surface area contributed by atoms with Crippen LogP contribution < -0.4 is 5.32 Å². The van der Waals surface area contributed by atoms with Crippen molar-refractivity contribution in [2.75, 3.05) is 5.32 Å². The maximum Gasteiger partial charge on any atom is 0.233 e. The Hall–Kier alpha value is -3.08. The van der Waals surface area contributed by atoms with Crippen molar-refractivity contribution < 1.29 is 9.47 Å². The van der Waals surface area contributed by atoms with Gasteiger partial charge >= 0.3 is 0 Å².